The second-order valence-corrected chi connectivity index (χ2v) is 8.28. The van der Waals surface area contributed by atoms with Crippen LogP contribution in [0.3, 0.4) is 0 Å². The number of aromatic nitrogens is 2. The minimum Gasteiger partial charge on any atom is -0.495 e. The van der Waals surface area contributed by atoms with E-state index in [0.29, 0.717) is 0 Å². The minimum atomic E-state index is 0. The van der Waals surface area contributed by atoms with E-state index in [-0.39, 0.29) is 24.6 Å². The van der Waals surface area contributed by atoms with Crippen LogP contribution in [0.2, 0.25) is 0 Å². The number of pyridine rings is 1. The van der Waals surface area contributed by atoms with E-state index in [1.54, 1.807) is 7.11 Å². The lowest BCUT2D eigenvalue weighted by Gasteiger charge is -2.17. The van der Waals surface area contributed by atoms with Gasteiger partial charge in [-0.15, -0.1) is 12.4 Å². The highest BCUT2D eigenvalue weighted by Gasteiger charge is 2.20. The van der Waals surface area contributed by atoms with Gasteiger partial charge < -0.3 is 24.5 Å². The molecule has 2 N–H and O–H groups in total. The highest BCUT2D eigenvalue weighted by molar-refractivity contribution is 9.10. The lowest BCUT2D eigenvalue weighted by atomic mass is 10.1. The summed E-state index contributed by atoms with van der Waals surface area (Å²) in [6.07, 6.45) is 5.15. The number of methoxy groups -OCH3 is 1. The van der Waals surface area contributed by atoms with E-state index >= 15 is 0 Å². The van der Waals surface area contributed by atoms with Gasteiger partial charge in [-0.1, -0.05) is 0 Å². The zero-order valence-corrected chi connectivity index (χ0v) is 19.2. The number of hydrogen-bond donors (Lipinski definition) is 1. The van der Waals surface area contributed by atoms with Crippen molar-refractivity contribution in [1.29, 1.82) is 0 Å². The van der Waals surface area contributed by atoms with Gasteiger partial charge in [-0.2, -0.15) is 0 Å². The molecule has 0 aliphatic carbocycles. The molecule has 29 heavy (non-hydrogen) atoms. The van der Waals surface area contributed by atoms with E-state index < -0.39 is 0 Å². The molecular weight excluding hydrogens is 456 g/mol. The number of imidazole rings is 1. The second-order valence-electron chi connectivity index (χ2n) is 7.42. The highest BCUT2D eigenvalue weighted by atomic mass is 79.9. The van der Waals surface area contributed by atoms with Gasteiger partial charge in [0.2, 0.25) is 0 Å². The van der Waals surface area contributed by atoms with Crippen LogP contribution in [0.1, 0.15) is 20.3 Å². The molecule has 8 heteroatoms. The lowest BCUT2D eigenvalue weighted by molar-refractivity contribution is 0.242. The molecule has 0 radical (unpaired) electrons. The number of nitrogens with two attached hydrogens (primary N) is 1. The average molecular weight is 482 g/mol. The summed E-state index contributed by atoms with van der Waals surface area (Å²) in [5.41, 5.74) is 9.90. The van der Waals surface area contributed by atoms with Crippen molar-refractivity contribution in [1.82, 2.24) is 9.38 Å². The van der Waals surface area contributed by atoms with Gasteiger partial charge in [0.25, 0.3) is 0 Å². The molecule has 3 heterocycles. The van der Waals surface area contributed by atoms with E-state index in [1.165, 1.54) is 0 Å². The first-order valence-electron chi connectivity index (χ1n) is 9.48. The van der Waals surface area contributed by atoms with Crippen LogP contribution in [0.5, 0.6) is 11.5 Å². The Morgan fingerprint density at radius 3 is 2.69 bits per heavy atom. The molecular formula is C21H26BrClN4O2. The molecule has 1 aliphatic heterocycles. The van der Waals surface area contributed by atoms with Gasteiger partial charge in [-0.3, -0.25) is 0 Å². The SMILES string of the molecule is COc1cc(OC(C)C)c(-c2cn3ccc(N4CCC(N)C4)cc3n2)cc1Br.Cl. The molecule has 3 aromatic rings. The molecule has 1 aromatic carbocycles. The predicted molar refractivity (Wildman–Crippen MR) is 123 cm³/mol. The van der Waals surface area contributed by atoms with Gasteiger partial charge in [0.05, 0.1) is 23.4 Å². The lowest BCUT2D eigenvalue weighted by Crippen LogP contribution is -2.26. The normalized spacial score (nSPS) is 16.3. The molecule has 0 saturated carbocycles. The van der Waals surface area contributed by atoms with Crippen molar-refractivity contribution in [3.05, 3.63) is 41.1 Å². The zero-order valence-electron chi connectivity index (χ0n) is 16.8. The summed E-state index contributed by atoms with van der Waals surface area (Å²) in [4.78, 5) is 7.18. The van der Waals surface area contributed by atoms with Crippen LogP contribution in [0.25, 0.3) is 16.9 Å². The van der Waals surface area contributed by atoms with Gasteiger partial charge >= 0.3 is 0 Å². The summed E-state index contributed by atoms with van der Waals surface area (Å²) in [6.45, 7) is 5.90. The number of hydrogen-bond acceptors (Lipinski definition) is 5. The van der Waals surface area contributed by atoms with E-state index in [1.807, 2.05) is 42.8 Å². The summed E-state index contributed by atoms with van der Waals surface area (Å²) in [7, 11) is 1.65. The molecule has 1 atom stereocenters. The van der Waals surface area contributed by atoms with Gasteiger partial charge in [-0.05, 0) is 48.3 Å². The molecule has 0 bridgehead atoms. The van der Waals surface area contributed by atoms with Crippen LogP contribution in [0.15, 0.2) is 41.1 Å². The Hall–Kier alpha value is -1.96. The number of ether oxygens (including phenoxy) is 2. The van der Waals surface area contributed by atoms with Crippen molar-refractivity contribution in [3.8, 4) is 22.8 Å². The van der Waals surface area contributed by atoms with Gasteiger partial charge in [0.15, 0.2) is 0 Å². The van der Waals surface area contributed by atoms with Crippen molar-refractivity contribution < 1.29 is 9.47 Å². The molecule has 0 amide bonds. The standard InChI is InChI=1S/C21H25BrN4O2.ClH/c1-13(2)28-19-10-20(27-3)17(22)9-16(19)18-12-26-7-5-15(8-21(26)24-18)25-6-4-14(23)11-25;/h5,7-10,12-14H,4,6,11,23H2,1-3H3;1H. The van der Waals surface area contributed by atoms with Crippen LogP contribution >= 0.6 is 28.3 Å². The molecule has 6 nitrogen and oxygen atoms in total. The first-order valence-corrected chi connectivity index (χ1v) is 10.3. The number of rotatable bonds is 5. The Morgan fingerprint density at radius 1 is 1.24 bits per heavy atom. The Balaban J connectivity index is 0.00000240. The maximum atomic E-state index is 6.06. The van der Waals surface area contributed by atoms with E-state index in [0.717, 1.165) is 58.1 Å². The number of benzene rings is 1. The number of fused-ring (bicyclic) bond motifs is 1. The summed E-state index contributed by atoms with van der Waals surface area (Å²) >= 11 is 3.58. The molecule has 1 unspecified atom stereocenters. The molecule has 2 aromatic heterocycles. The summed E-state index contributed by atoms with van der Waals surface area (Å²) in [5.74, 6) is 1.49. The second kappa shape index (κ2) is 8.81. The Labute approximate surface area is 185 Å². The monoisotopic (exact) mass is 480 g/mol. The maximum absolute atomic E-state index is 6.06. The van der Waals surface area contributed by atoms with Crippen LogP contribution in [0, 0.1) is 0 Å². The molecule has 1 fully saturated rings. The van der Waals surface area contributed by atoms with Crippen molar-refractivity contribution in [2.75, 3.05) is 25.1 Å². The van der Waals surface area contributed by atoms with Crippen LogP contribution in [-0.4, -0.2) is 41.7 Å². The first-order chi connectivity index (χ1) is 13.4. The third-order valence-corrected chi connectivity index (χ3v) is 5.55. The number of anilines is 1. The number of nitrogens with zero attached hydrogens (tertiary/aromatic N) is 3. The van der Waals surface area contributed by atoms with Crippen molar-refractivity contribution in [3.63, 3.8) is 0 Å². The van der Waals surface area contributed by atoms with Gasteiger partial charge in [0, 0.05) is 54.9 Å². The fourth-order valence-electron chi connectivity index (χ4n) is 3.56. The Morgan fingerprint density at radius 2 is 2.03 bits per heavy atom. The van der Waals surface area contributed by atoms with Crippen LogP contribution < -0.4 is 20.1 Å². The largest absolute Gasteiger partial charge is 0.495 e. The Bertz CT molecular complexity index is 1010. The first kappa shape index (κ1) is 21.7. The van der Waals surface area contributed by atoms with Crippen molar-refractivity contribution in [2.45, 2.75) is 32.4 Å². The minimum absolute atomic E-state index is 0. The maximum Gasteiger partial charge on any atom is 0.139 e. The smallest absolute Gasteiger partial charge is 0.139 e. The molecule has 1 aliphatic rings. The van der Waals surface area contributed by atoms with Crippen LogP contribution in [0.4, 0.5) is 5.69 Å². The van der Waals surface area contributed by atoms with E-state index in [2.05, 4.69) is 33.0 Å². The third-order valence-electron chi connectivity index (χ3n) is 4.93. The molecule has 156 valence electrons. The van der Waals surface area contributed by atoms with Gasteiger partial charge in [0.1, 0.15) is 17.1 Å². The fraction of sp³-hybridized carbons (Fsp3) is 0.381. The summed E-state index contributed by atoms with van der Waals surface area (Å²) in [5, 5.41) is 0. The summed E-state index contributed by atoms with van der Waals surface area (Å²) < 4.78 is 14.4. The topological polar surface area (TPSA) is 65.0 Å². The van der Waals surface area contributed by atoms with Crippen molar-refractivity contribution >= 4 is 39.7 Å². The average Bonchev–Trinajstić information content (AvgIpc) is 3.27. The zero-order chi connectivity index (χ0) is 19.8. The molecule has 1 saturated heterocycles. The fourth-order valence-corrected chi connectivity index (χ4v) is 4.07. The van der Waals surface area contributed by atoms with Gasteiger partial charge in [-0.25, -0.2) is 4.98 Å². The van der Waals surface area contributed by atoms with Crippen LogP contribution in [-0.2, 0) is 0 Å². The van der Waals surface area contributed by atoms with E-state index in [4.69, 9.17) is 20.2 Å². The van der Waals surface area contributed by atoms with Crippen molar-refractivity contribution in [2.24, 2.45) is 5.73 Å². The summed E-state index contributed by atoms with van der Waals surface area (Å²) in [6, 6.07) is 8.38. The highest BCUT2D eigenvalue weighted by Crippen LogP contribution is 2.39. The van der Waals surface area contributed by atoms with E-state index in [9.17, 15) is 0 Å². The number of halogens is 2. The molecule has 0 spiro atoms. The predicted octanol–water partition coefficient (Wildman–Crippen LogP) is 4.52. The quantitative estimate of drug-likeness (QED) is 0.580. The molecule has 4 rings (SSSR count). The Kier molecular flexibility index (Phi) is 6.61. The third kappa shape index (κ3) is 4.47.